The molecular weight excluding hydrogens is 170 g/mol. The van der Waals surface area contributed by atoms with Crippen molar-refractivity contribution in [2.45, 2.75) is 6.43 Å². The van der Waals surface area contributed by atoms with E-state index in [1.807, 2.05) is 0 Å². The third-order valence-electron chi connectivity index (χ3n) is 1.26. The van der Waals surface area contributed by atoms with Crippen LogP contribution in [0.4, 0.5) is 8.78 Å². The lowest BCUT2D eigenvalue weighted by Crippen LogP contribution is -2.40. The molecule has 3 N–H and O–H groups in total. The first-order valence-electron chi connectivity index (χ1n) is 3.48. The number of carbonyl (C=O) groups is 1. The zero-order valence-electron chi connectivity index (χ0n) is 6.54. The second-order valence-electron chi connectivity index (χ2n) is 2.16. The number of rotatable bonds is 5. The summed E-state index contributed by atoms with van der Waals surface area (Å²) in [6.07, 6.45) is -2.59. The maximum absolute atomic E-state index is 11.8. The molecule has 1 amide bonds. The predicted octanol–water partition coefficient (Wildman–Crippen LogP) is -0.969. The molecule has 6 heteroatoms. The molecule has 0 aromatic carbocycles. The number of hydrogen-bond donors (Lipinski definition) is 2. The molecule has 0 aromatic heterocycles. The van der Waals surface area contributed by atoms with Crippen molar-refractivity contribution in [2.24, 2.45) is 5.73 Å². The lowest BCUT2D eigenvalue weighted by Gasteiger charge is -2.19. The van der Waals surface area contributed by atoms with Gasteiger partial charge in [-0.05, 0) is 0 Å². The molecule has 0 saturated heterocycles. The summed E-state index contributed by atoms with van der Waals surface area (Å²) in [6.45, 7) is -1.41. The Labute approximate surface area is 69.0 Å². The van der Waals surface area contributed by atoms with Crippen molar-refractivity contribution in [3.63, 3.8) is 0 Å². The minimum absolute atomic E-state index is 0.0969. The van der Waals surface area contributed by atoms with Crippen molar-refractivity contribution < 1.29 is 18.7 Å². The largest absolute Gasteiger partial charge is 0.395 e. The first-order valence-corrected chi connectivity index (χ1v) is 3.48. The molecule has 0 saturated carbocycles. The Morgan fingerprint density at radius 2 is 2.17 bits per heavy atom. The van der Waals surface area contributed by atoms with E-state index >= 15 is 0 Å². The van der Waals surface area contributed by atoms with E-state index in [0.29, 0.717) is 0 Å². The molecule has 0 aliphatic carbocycles. The highest BCUT2D eigenvalue weighted by atomic mass is 19.3. The molecule has 0 heterocycles. The van der Waals surface area contributed by atoms with Gasteiger partial charge < -0.3 is 15.7 Å². The zero-order valence-corrected chi connectivity index (χ0v) is 6.54. The van der Waals surface area contributed by atoms with E-state index in [9.17, 15) is 13.6 Å². The topological polar surface area (TPSA) is 66.6 Å². The fourth-order valence-corrected chi connectivity index (χ4v) is 0.734. The molecule has 0 spiro atoms. The first kappa shape index (κ1) is 11.2. The van der Waals surface area contributed by atoms with Gasteiger partial charge in [0.25, 0.3) is 6.43 Å². The normalized spacial score (nSPS) is 10.4. The molecule has 0 unspecified atom stereocenters. The molecule has 72 valence electrons. The Morgan fingerprint density at radius 1 is 1.58 bits per heavy atom. The van der Waals surface area contributed by atoms with E-state index in [2.05, 4.69) is 0 Å². The van der Waals surface area contributed by atoms with E-state index < -0.39 is 18.9 Å². The van der Waals surface area contributed by atoms with Gasteiger partial charge in [-0.1, -0.05) is 0 Å². The van der Waals surface area contributed by atoms with E-state index in [4.69, 9.17) is 10.8 Å². The van der Waals surface area contributed by atoms with Gasteiger partial charge in [0.05, 0.1) is 19.7 Å². The van der Waals surface area contributed by atoms with Crippen LogP contribution < -0.4 is 5.73 Å². The molecule has 0 radical (unpaired) electrons. The molecule has 0 rings (SSSR count). The SMILES string of the molecule is NCC(=O)N(CCO)CC(F)F. The summed E-state index contributed by atoms with van der Waals surface area (Å²) in [5.74, 6) is -0.579. The summed E-state index contributed by atoms with van der Waals surface area (Å²) >= 11 is 0. The van der Waals surface area contributed by atoms with Gasteiger partial charge in [-0.15, -0.1) is 0 Å². The summed E-state index contributed by atoms with van der Waals surface area (Å²) in [5, 5.41) is 8.41. The van der Waals surface area contributed by atoms with E-state index in [1.165, 1.54) is 0 Å². The fourth-order valence-electron chi connectivity index (χ4n) is 0.734. The second-order valence-corrected chi connectivity index (χ2v) is 2.16. The smallest absolute Gasteiger partial charge is 0.255 e. The number of nitrogens with zero attached hydrogens (tertiary/aromatic N) is 1. The van der Waals surface area contributed by atoms with Gasteiger partial charge in [-0.3, -0.25) is 4.79 Å². The Hall–Kier alpha value is -0.750. The summed E-state index contributed by atoms with van der Waals surface area (Å²) in [5.41, 5.74) is 4.96. The zero-order chi connectivity index (χ0) is 9.56. The van der Waals surface area contributed by atoms with E-state index in [1.54, 1.807) is 0 Å². The Morgan fingerprint density at radius 3 is 2.50 bits per heavy atom. The minimum atomic E-state index is -2.59. The maximum Gasteiger partial charge on any atom is 0.255 e. The molecule has 0 fully saturated rings. The Bertz CT molecular complexity index is 144. The van der Waals surface area contributed by atoms with Crippen LogP contribution in [0.5, 0.6) is 0 Å². The maximum atomic E-state index is 11.8. The molecule has 0 bridgehead atoms. The van der Waals surface area contributed by atoms with Gasteiger partial charge in [0, 0.05) is 6.54 Å². The van der Waals surface area contributed by atoms with Gasteiger partial charge in [0.2, 0.25) is 5.91 Å². The number of nitrogens with two attached hydrogens (primary N) is 1. The van der Waals surface area contributed by atoms with E-state index in [-0.39, 0.29) is 19.7 Å². The van der Waals surface area contributed by atoms with Crippen LogP contribution in [0.15, 0.2) is 0 Å². The lowest BCUT2D eigenvalue weighted by atomic mass is 10.4. The van der Waals surface area contributed by atoms with Crippen molar-refractivity contribution >= 4 is 5.91 Å². The number of amides is 1. The number of alkyl halides is 2. The Balaban J connectivity index is 3.94. The standard InChI is InChI=1S/C6H12F2N2O2/c7-5(8)4-10(1-2-11)6(12)3-9/h5,11H,1-4,9H2. The van der Waals surface area contributed by atoms with Crippen LogP contribution in [-0.2, 0) is 4.79 Å². The van der Waals surface area contributed by atoms with Crippen LogP contribution in [0.1, 0.15) is 0 Å². The molecule has 12 heavy (non-hydrogen) atoms. The average Bonchev–Trinajstić information content (AvgIpc) is 2.01. The number of carbonyl (C=O) groups excluding carboxylic acids is 1. The summed E-state index contributed by atoms with van der Waals surface area (Å²) in [4.78, 5) is 11.6. The van der Waals surface area contributed by atoms with Gasteiger partial charge in [-0.2, -0.15) is 0 Å². The summed E-state index contributed by atoms with van der Waals surface area (Å²) in [6, 6.07) is 0. The summed E-state index contributed by atoms with van der Waals surface area (Å²) in [7, 11) is 0. The van der Waals surface area contributed by atoms with Crippen LogP contribution in [0.25, 0.3) is 0 Å². The number of hydrogen-bond acceptors (Lipinski definition) is 3. The van der Waals surface area contributed by atoms with Gasteiger partial charge >= 0.3 is 0 Å². The van der Waals surface area contributed by atoms with Crippen LogP contribution in [0.3, 0.4) is 0 Å². The predicted molar refractivity (Wildman–Crippen MR) is 38.7 cm³/mol. The second kappa shape index (κ2) is 5.84. The monoisotopic (exact) mass is 182 g/mol. The molecule has 0 aliphatic rings. The van der Waals surface area contributed by atoms with Gasteiger partial charge in [0.15, 0.2) is 0 Å². The van der Waals surface area contributed by atoms with Gasteiger partial charge in [-0.25, -0.2) is 8.78 Å². The minimum Gasteiger partial charge on any atom is -0.395 e. The average molecular weight is 182 g/mol. The third-order valence-corrected chi connectivity index (χ3v) is 1.26. The van der Waals surface area contributed by atoms with Crippen molar-refractivity contribution in [3.05, 3.63) is 0 Å². The molecule has 0 aromatic rings. The first-order chi connectivity index (χ1) is 5.61. The van der Waals surface area contributed by atoms with E-state index in [0.717, 1.165) is 4.90 Å². The molecule has 0 atom stereocenters. The van der Waals surface area contributed by atoms with Crippen LogP contribution in [-0.4, -0.2) is 48.6 Å². The highest BCUT2D eigenvalue weighted by Crippen LogP contribution is 1.97. The third kappa shape index (κ3) is 4.20. The fraction of sp³-hybridized carbons (Fsp3) is 0.833. The van der Waals surface area contributed by atoms with Gasteiger partial charge in [0.1, 0.15) is 0 Å². The summed E-state index contributed by atoms with van der Waals surface area (Å²) < 4.78 is 23.6. The van der Waals surface area contributed by atoms with Crippen LogP contribution in [0.2, 0.25) is 0 Å². The van der Waals surface area contributed by atoms with Crippen LogP contribution >= 0.6 is 0 Å². The molecule has 4 nitrogen and oxygen atoms in total. The molecule has 0 aliphatic heterocycles. The lowest BCUT2D eigenvalue weighted by molar-refractivity contribution is -0.132. The quantitative estimate of drug-likeness (QED) is 0.575. The Kier molecular flexibility index (Phi) is 5.48. The number of halogens is 2. The highest BCUT2D eigenvalue weighted by Gasteiger charge is 2.15. The van der Waals surface area contributed by atoms with Crippen molar-refractivity contribution in [1.29, 1.82) is 0 Å². The number of aliphatic hydroxyl groups is 1. The highest BCUT2D eigenvalue weighted by molar-refractivity contribution is 5.78. The van der Waals surface area contributed by atoms with Crippen LogP contribution in [0, 0.1) is 0 Å². The number of aliphatic hydroxyl groups excluding tert-OH is 1. The van der Waals surface area contributed by atoms with Crippen molar-refractivity contribution in [1.82, 2.24) is 4.90 Å². The van der Waals surface area contributed by atoms with Crippen molar-refractivity contribution in [3.8, 4) is 0 Å². The molecular formula is C6H12F2N2O2. The van der Waals surface area contributed by atoms with Crippen molar-refractivity contribution in [2.75, 3.05) is 26.2 Å².